The number of hydrogen-bond acceptors (Lipinski definition) is 5. The van der Waals surface area contributed by atoms with E-state index in [9.17, 15) is 18.0 Å². The minimum absolute atomic E-state index is 0.114. The van der Waals surface area contributed by atoms with E-state index in [1.165, 1.54) is 28.6 Å². The molecule has 0 aliphatic carbocycles. The maximum atomic E-state index is 13.0. The molecule has 0 unspecified atom stereocenters. The Labute approximate surface area is 174 Å². The molecule has 3 heterocycles. The fraction of sp³-hybridized carbons (Fsp3) is 0.286. The van der Waals surface area contributed by atoms with Gasteiger partial charge in [0.2, 0.25) is 15.6 Å². The first-order chi connectivity index (χ1) is 14.4. The summed E-state index contributed by atoms with van der Waals surface area (Å²) in [5.41, 5.74) is 0.772. The molecule has 8 nitrogen and oxygen atoms in total. The lowest BCUT2D eigenvalue weighted by molar-refractivity contribution is 0.0952. The Morgan fingerprint density at radius 3 is 2.63 bits per heavy atom. The second kappa shape index (κ2) is 8.37. The van der Waals surface area contributed by atoms with Crippen LogP contribution in [0.15, 0.2) is 58.4 Å². The molecule has 0 atom stereocenters. The Kier molecular flexibility index (Phi) is 5.65. The lowest BCUT2D eigenvalue weighted by atomic mass is 10.1. The number of pyridine rings is 2. The summed E-state index contributed by atoms with van der Waals surface area (Å²) in [5, 5.41) is 3.12. The summed E-state index contributed by atoms with van der Waals surface area (Å²) in [7, 11) is -3.66. The number of amides is 1. The van der Waals surface area contributed by atoms with E-state index in [1.807, 2.05) is 6.07 Å². The van der Waals surface area contributed by atoms with Crippen molar-refractivity contribution in [3.63, 3.8) is 0 Å². The van der Waals surface area contributed by atoms with Gasteiger partial charge in [-0.3, -0.25) is 14.6 Å². The van der Waals surface area contributed by atoms with Gasteiger partial charge in [-0.15, -0.1) is 0 Å². The number of fused-ring (bicyclic) bond motifs is 1. The Bertz CT molecular complexity index is 1230. The number of nitrogens with one attached hydrogen (secondary N) is 2. The zero-order chi connectivity index (χ0) is 21.1. The number of aromatic amines is 1. The van der Waals surface area contributed by atoms with Crippen molar-refractivity contribution in [2.45, 2.75) is 30.7 Å². The normalized spacial score (nSPS) is 15.2. The van der Waals surface area contributed by atoms with Gasteiger partial charge in [0.25, 0.3) is 5.91 Å². The molecule has 9 heteroatoms. The molecule has 4 rings (SSSR count). The predicted octanol–water partition coefficient (Wildman–Crippen LogP) is 2.03. The van der Waals surface area contributed by atoms with E-state index in [0.717, 1.165) is 19.3 Å². The number of carbonyl (C=O) groups is 1. The summed E-state index contributed by atoms with van der Waals surface area (Å²) in [6, 6.07) is 11.0. The van der Waals surface area contributed by atoms with Crippen LogP contribution in [-0.4, -0.2) is 41.7 Å². The third-order valence-corrected chi connectivity index (χ3v) is 7.06. The molecule has 0 bridgehead atoms. The van der Waals surface area contributed by atoms with Crippen LogP contribution >= 0.6 is 0 Å². The van der Waals surface area contributed by atoms with Gasteiger partial charge in [-0.25, -0.2) is 8.42 Å². The van der Waals surface area contributed by atoms with Crippen molar-refractivity contribution in [2.24, 2.45) is 0 Å². The maximum absolute atomic E-state index is 13.0. The molecule has 1 aromatic carbocycles. The Hall–Kier alpha value is -3.04. The fourth-order valence-corrected chi connectivity index (χ4v) is 5.15. The summed E-state index contributed by atoms with van der Waals surface area (Å²) in [4.78, 5) is 31.8. The number of H-pyrrole nitrogens is 1. The van der Waals surface area contributed by atoms with Gasteiger partial charge in [0.15, 0.2) is 0 Å². The van der Waals surface area contributed by atoms with Crippen LogP contribution in [0.4, 0.5) is 0 Å². The van der Waals surface area contributed by atoms with Crippen LogP contribution < -0.4 is 10.9 Å². The van der Waals surface area contributed by atoms with E-state index >= 15 is 0 Å². The van der Waals surface area contributed by atoms with E-state index in [-0.39, 0.29) is 17.0 Å². The molecule has 2 N–H and O–H groups in total. The number of piperidine rings is 1. The first-order valence-corrected chi connectivity index (χ1v) is 11.2. The molecule has 1 amide bonds. The lowest BCUT2D eigenvalue weighted by Gasteiger charge is -2.26. The number of rotatable bonds is 5. The molecular formula is C21H22N4O4S. The smallest absolute Gasteiger partial charge is 0.252 e. The average Bonchev–Trinajstić information content (AvgIpc) is 2.77. The molecule has 0 radical (unpaired) electrons. The van der Waals surface area contributed by atoms with Crippen molar-refractivity contribution in [3.05, 3.63) is 70.3 Å². The highest BCUT2D eigenvalue weighted by Crippen LogP contribution is 2.25. The Balaban J connectivity index is 1.69. The summed E-state index contributed by atoms with van der Waals surface area (Å²) < 4.78 is 27.5. The van der Waals surface area contributed by atoms with Gasteiger partial charge < -0.3 is 10.3 Å². The number of carbonyl (C=O) groups excluding carboxylic acids is 1. The predicted molar refractivity (Wildman–Crippen MR) is 113 cm³/mol. The van der Waals surface area contributed by atoms with Crippen LogP contribution in [0.2, 0.25) is 0 Å². The highest BCUT2D eigenvalue weighted by molar-refractivity contribution is 7.89. The zero-order valence-corrected chi connectivity index (χ0v) is 17.1. The van der Waals surface area contributed by atoms with Crippen molar-refractivity contribution in [1.82, 2.24) is 19.6 Å². The fourth-order valence-electron chi connectivity index (χ4n) is 3.60. The average molecular weight is 426 g/mol. The number of aromatic nitrogens is 2. The summed E-state index contributed by atoms with van der Waals surface area (Å²) in [6.45, 7) is 1.17. The summed E-state index contributed by atoms with van der Waals surface area (Å²) >= 11 is 0. The van der Waals surface area contributed by atoms with E-state index in [4.69, 9.17) is 0 Å². The molecule has 1 saturated heterocycles. The van der Waals surface area contributed by atoms with E-state index in [0.29, 0.717) is 29.7 Å². The molecule has 2 aromatic heterocycles. The molecule has 3 aromatic rings. The lowest BCUT2D eigenvalue weighted by Crippen LogP contribution is -2.35. The van der Waals surface area contributed by atoms with Crippen molar-refractivity contribution in [2.75, 3.05) is 13.1 Å². The minimum Gasteiger partial charge on any atom is -0.346 e. The highest BCUT2D eigenvalue weighted by Gasteiger charge is 2.26. The third-order valence-electron chi connectivity index (χ3n) is 5.17. The Morgan fingerprint density at radius 1 is 1.10 bits per heavy atom. The number of hydrogen-bond donors (Lipinski definition) is 2. The van der Waals surface area contributed by atoms with Crippen LogP contribution in [0.1, 0.15) is 35.3 Å². The van der Waals surface area contributed by atoms with Gasteiger partial charge in [0.05, 0.1) is 22.7 Å². The topological polar surface area (TPSA) is 112 Å². The van der Waals surface area contributed by atoms with Crippen LogP contribution in [0.3, 0.4) is 0 Å². The maximum Gasteiger partial charge on any atom is 0.252 e. The molecule has 1 aliphatic rings. The van der Waals surface area contributed by atoms with Gasteiger partial charge in [0, 0.05) is 36.3 Å². The molecule has 0 saturated carbocycles. The molecular weight excluding hydrogens is 404 g/mol. The monoisotopic (exact) mass is 426 g/mol. The van der Waals surface area contributed by atoms with Crippen LogP contribution in [-0.2, 0) is 16.6 Å². The molecule has 1 aliphatic heterocycles. The van der Waals surface area contributed by atoms with E-state index in [1.54, 1.807) is 18.3 Å². The molecule has 30 heavy (non-hydrogen) atoms. The SMILES string of the molecule is O=C(NCc1ccccn1)c1cc(=O)[nH]c2ccc(S(=O)(=O)N3CCCCC3)cc12. The Morgan fingerprint density at radius 2 is 1.90 bits per heavy atom. The quantitative estimate of drug-likeness (QED) is 0.648. The largest absolute Gasteiger partial charge is 0.346 e. The molecule has 0 spiro atoms. The van der Waals surface area contributed by atoms with Gasteiger partial charge in [0.1, 0.15) is 0 Å². The van der Waals surface area contributed by atoms with Gasteiger partial charge in [-0.2, -0.15) is 4.31 Å². The van der Waals surface area contributed by atoms with Crippen molar-refractivity contribution in [1.29, 1.82) is 0 Å². The second-order valence-corrected chi connectivity index (χ2v) is 9.16. The third kappa shape index (κ3) is 4.12. The second-order valence-electron chi connectivity index (χ2n) is 7.22. The minimum atomic E-state index is -3.66. The highest BCUT2D eigenvalue weighted by atomic mass is 32.2. The zero-order valence-electron chi connectivity index (χ0n) is 16.3. The number of sulfonamides is 1. The van der Waals surface area contributed by atoms with Gasteiger partial charge in [-0.1, -0.05) is 12.5 Å². The van der Waals surface area contributed by atoms with Crippen LogP contribution in [0.5, 0.6) is 0 Å². The van der Waals surface area contributed by atoms with E-state index in [2.05, 4.69) is 15.3 Å². The number of nitrogens with zero attached hydrogens (tertiary/aromatic N) is 2. The first-order valence-electron chi connectivity index (χ1n) is 9.80. The summed E-state index contributed by atoms with van der Waals surface area (Å²) in [5.74, 6) is -0.468. The molecule has 1 fully saturated rings. The van der Waals surface area contributed by atoms with Crippen molar-refractivity contribution < 1.29 is 13.2 Å². The van der Waals surface area contributed by atoms with Crippen molar-refractivity contribution in [3.8, 4) is 0 Å². The summed E-state index contributed by atoms with van der Waals surface area (Å²) in [6.07, 6.45) is 4.32. The van der Waals surface area contributed by atoms with Crippen molar-refractivity contribution >= 4 is 26.8 Å². The first kappa shape index (κ1) is 20.2. The van der Waals surface area contributed by atoms with E-state index < -0.39 is 21.5 Å². The van der Waals surface area contributed by atoms with Gasteiger partial charge >= 0.3 is 0 Å². The molecule has 156 valence electrons. The standard InChI is InChI=1S/C21H22N4O4S/c26-20-13-18(21(27)23-14-15-6-2-3-9-22-15)17-12-16(7-8-19(17)24-20)30(28,29)25-10-4-1-5-11-25/h2-3,6-9,12-13H,1,4-5,10-11,14H2,(H,23,27)(H,24,26). The number of benzene rings is 1. The van der Waals surface area contributed by atoms with Crippen LogP contribution in [0, 0.1) is 0 Å². The van der Waals surface area contributed by atoms with Crippen LogP contribution in [0.25, 0.3) is 10.9 Å². The van der Waals surface area contributed by atoms with Gasteiger partial charge in [-0.05, 0) is 43.2 Å².